The van der Waals surface area contributed by atoms with Crippen LogP contribution in [0.1, 0.15) is 12.8 Å². The highest BCUT2D eigenvalue weighted by atomic mass is 32.2. The molecule has 6 heteroatoms. The van der Waals surface area contributed by atoms with Gasteiger partial charge < -0.3 is 15.1 Å². The molecule has 1 atom stereocenters. The lowest BCUT2D eigenvalue weighted by atomic mass is 10.0. The third-order valence-electron chi connectivity index (χ3n) is 4.49. The number of nitrogens with zero attached hydrogens (tertiary/aromatic N) is 2. The van der Waals surface area contributed by atoms with Crippen LogP contribution < -0.4 is 5.32 Å². The van der Waals surface area contributed by atoms with Crippen LogP contribution in [-0.4, -0.2) is 64.6 Å². The van der Waals surface area contributed by atoms with Gasteiger partial charge in [0.05, 0.1) is 10.8 Å². The smallest absolute Gasteiger partial charge is 0.317 e. The summed E-state index contributed by atoms with van der Waals surface area (Å²) in [7, 11) is -0.918. The predicted molar refractivity (Wildman–Crippen MR) is 87.3 cm³/mol. The maximum Gasteiger partial charge on any atom is 0.317 e. The van der Waals surface area contributed by atoms with Crippen molar-refractivity contribution >= 4 is 16.8 Å². The van der Waals surface area contributed by atoms with E-state index in [2.05, 4.69) is 10.2 Å². The molecule has 2 saturated heterocycles. The fourth-order valence-electron chi connectivity index (χ4n) is 3.19. The number of urea groups is 1. The third-order valence-corrected chi connectivity index (χ3v) is 5.84. The molecule has 120 valence electrons. The Morgan fingerprint density at radius 3 is 2.50 bits per heavy atom. The van der Waals surface area contributed by atoms with E-state index in [-0.39, 0.29) is 6.03 Å². The van der Waals surface area contributed by atoms with E-state index in [0.29, 0.717) is 11.8 Å². The van der Waals surface area contributed by atoms with E-state index in [1.165, 1.54) is 0 Å². The number of hydrogen-bond donors (Lipinski definition) is 1. The average molecular weight is 321 g/mol. The molecule has 2 fully saturated rings. The summed E-state index contributed by atoms with van der Waals surface area (Å²) in [4.78, 5) is 16.9. The number of piperidine rings is 1. The minimum Gasteiger partial charge on any atom is -0.336 e. The maximum absolute atomic E-state index is 12.2. The Kier molecular flexibility index (Phi) is 5.10. The van der Waals surface area contributed by atoms with Crippen molar-refractivity contribution in [1.82, 2.24) is 15.1 Å². The van der Waals surface area contributed by atoms with Crippen molar-refractivity contribution in [3.05, 3.63) is 30.3 Å². The Balaban J connectivity index is 1.42. The lowest BCUT2D eigenvalue weighted by Gasteiger charge is -2.36. The van der Waals surface area contributed by atoms with Gasteiger partial charge in [-0.05, 0) is 25.0 Å². The molecule has 0 unspecified atom stereocenters. The summed E-state index contributed by atoms with van der Waals surface area (Å²) in [5.41, 5.74) is 0. The van der Waals surface area contributed by atoms with E-state index in [1.54, 1.807) is 0 Å². The second-order valence-electron chi connectivity index (χ2n) is 5.86. The van der Waals surface area contributed by atoms with Gasteiger partial charge in [0.1, 0.15) is 0 Å². The van der Waals surface area contributed by atoms with Crippen molar-refractivity contribution in [3.8, 4) is 0 Å². The number of likely N-dealkylation sites (tertiary alicyclic amines) is 1. The molecule has 0 aromatic heterocycles. The Morgan fingerprint density at radius 2 is 1.86 bits per heavy atom. The summed E-state index contributed by atoms with van der Waals surface area (Å²) in [6.07, 6.45) is 2.04. The summed E-state index contributed by atoms with van der Waals surface area (Å²) in [6.45, 7) is 4.44. The number of hydrogen-bond acceptors (Lipinski definition) is 3. The minimum atomic E-state index is -0.918. The second-order valence-corrected chi connectivity index (χ2v) is 7.43. The van der Waals surface area contributed by atoms with Gasteiger partial charge >= 0.3 is 6.03 Å². The minimum absolute atomic E-state index is 0.0867. The highest BCUT2D eigenvalue weighted by molar-refractivity contribution is 7.85. The molecule has 2 aliphatic rings. The van der Waals surface area contributed by atoms with Crippen LogP contribution >= 0.6 is 0 Å². The van der Waals surface area contributed by atoms with Crippen LogP contribution in [0.25, 0.3) is 0 Å². The van der Waals surface area contributed by atoms with Gasteiger partial charge in [-0.2, -0.15) is 0 Å². The standard InChI is InChI=1S/C16H23N3O2S/c20-16-17-8-11-19(16)14-6-9-18(10-7-14)12-13-22(21)15-4-2-1-3-5-15/h1-5,14H,6-13H2,(H,17,20)/t22-/m0/s1. The largest absolute Gasteiger partial charge is 0.336 e. The first-order valence-corrected chi connectivity index (χ1v) is 9.26. The van der Waals surface area contributed by atoms with Crippen LogP contribution in [0.15, 0.2) is 35.2 Å². The Labute approximate surface area is 134 Å². The van der Waals surface area contributed by atoms with E-state index >= 15 is 0 Å². The quantitative estimate of drug-likeness (QED) is 0.889. The average Bonchev–Trinajstić information content (AvgIpc) is 3.00. The van der Waals surface area contributed by atoms with Crippen molar-refractivity contribution in [3.63, 3.8) is 0 Å². The fourth-order valence-corrected chi connectivity index (χ4v) is 4.31. The zero-order chi connectivity index (χ0) is 15.4. The lowest BCUT2D eigenvalue weighted by Crippen LogP contribution is -2.46. The summed E-state index contributed by atoms with van der Waals surface area (Å²) >= 11 is 0. The van der Waals surface area contributed by atoms with E-state index in [1.807, 2.05) is 35.2 Å². The van der Waals surface area contributed by atoms with E-state index in [0.717, 1.165) is 50.5 Å². The number of carbonyl (C=O) groups is 1. The van der Waals surface area contributed by atoms with Gasteiger partial charge in [-0.1, -0.05) is 18.2 Å². The molecule has 1 N–H and O–H groups in total. The number of benzene rings is 1. The third kappa shape index (κ3) is 3.67. The van der Waals surface area contributed by atoms with Crippen molar-refractivity contribution < 1.29 is 9.00 Å². The van der Waals surface area contributed by atoms with E-state index in [4.69, 9.17) is 0 Å². The van der Waals surface area contributed by atoms with E-state index < -0.39 is 10.8 Å². The maximum atomic E-state index is 12.2. The fraction of sp³-hybridized carbons (Fsp3) is 0.562. The highest BCUT2D eigenvalue weighted by Crippen LogP contribution is 2.18. The molecule has 1 aromatic carbocycles. The van der Waals surface area contributed by atoms with Crippen LogP contribution in [-0.2, 0) is 10.8 Å². The first kappa shape index (κ1) is 15.5. The zero-order valence-corrected chi connectivity index (χ0v) is 13.6. The number of rotatable bonds is 5. The second kappa shape index (κ2) is 7.24. The normalized spacial score (nSPS) is 21.8. The van der Waals surface area contributed by atoms with Crippen molar-refractivity contribution in [2.75, 3.05) is 38.5 Å². The number of nitrogens with one attached hydrogen (secondary N) is 1. The van der Waals surface area contributed by atoms with Crippen LogP contribution in [0, 0.1) is 0 Å². The van der Waals surface area contributed by atoms with Crippen molar-refractivity contribution in [2.45, 2.75) is 23.8 Å². The molecule has 0 aliphatic carbocycles. The summed E-state index contributed by atoms with van der Waals surface area (Å²) in [5.74, 6) is 0.679. The summed E-state index contributed by atoms with van der Waals surface area (Å²) in [5, 5.41) is 2.87. The van der Waals surface area contributed by atoms with Gasteiger partial charge in [-0.15, -0.1) is 0 Å². The van der Waals surface area contributed by atoms with E-state index in [9.17, 15) is 9.00 Å². The van der Waals surface area contributed by atoms with Crippen LogP contribution in [0.5, 0.6) is 0 Å². The summed E-state index contributed by atoms with van der Waals surface area (Å²) in [6, 6.07) is 10.1. The molecule has 2 heterocycles. The molecule has 0 radical (unpaired) electrons. The Bertz CT molecular complexity index is 529. The first-order chi connectivity index (χ1) is 10.7. The molecule has 0 bridgehead atoms. The van der Waals surface area contributed by atoms with Gasteiger partial charge in [0.25, 0.3) is 0 Å². The molecule has 22 heavy (non-hydrogen) atoms. The molecule has 5 nitrogen and oxygen atoms in total. The molecule has 2 aliphatic heterocycles. The molecular formula is C16H23N3O2S. The van der Waals surface area contributed by atoms with Gasteiger partial charge in [-0.3, -0.25) is 4.21 Å². The molecular weight excluding hydrogens is 298 g/mol. The highest BCUT2D eigenvalue weighted by Gasteiger charge is 2.30. The SMILES string of the molecule is O=C1NCCN1C1CCN(CC[S@](=O)c2ccccc2)CC1. The molecule has 3 rings (SSSR count). The first-order valence-electron chi connectivity index (χ1n) is 7.94. The van der Waals surface area contributed by atoms with Crippen LogP contribution in [0.3, 0.4) is 0 Å². The lowest BCUT2D eigenvalue weighted by molar-refractivity contribution is 0.140. The van der Waals surface area contributed by atoms with Crippen molar-refractivity contribution in [2.24, 2.45) is 0 Å². The van der Waals surface area contributed by atoms with Gasteiger partial charge in [0.15, 0.2) is 0 Å². The molecule has 0 spiro atoms. The predicted octanol–water partition coefficient (Wildman–Crippen LogP) is 1.28. The summed E-state index contributed by atoms with van der Waals surface area (Å²) < 4.78 is 12.2. The van der Waals surface area contributed by atoms with Crippen molar-refractivity contribution in [1.29, 1.82) is 0 Å². The number of carbonyl (C=O) groups excluding carboxylic acids is 1. The van der Waals surface area contributed by atoms with Crippen LogP contribution in [0.4, 0.5) is 4.79 Å². The Hall–Kier alpha value is -1.40. The molecule has 1 aromatic rings. The Morgan fingerprint density at radius 1 is 1.14 bits per heavy atom. The zero-order valence-electron chi connectivity index (χ0n) is 12.7. The van der Waals surface area contributed by atoms with Crippen LogP contribution in [0.2, 0.25) is 0 Å². The topological polar surface area (TPSA) is 52.7 Å². The van der Waals surface area contributed by atoms with Gasteiger partial charge in [-0.25, -0.2) is 4.79 Å². The number of amides is 2. The van der Waals surface area contributed by atoms with Gasteiger partial charge in [0.2, 0.25) is 0 Å². The monoisotopic (exact) mass is 321 g/mol. The van der Waals surface area contributed by atoms with Gasteiger partial charge in [0, 0.05) is 49.4 Å². The molecule has 0 saturated carbocycles. The molecule has 2 amide bonds.